The van der Waals surface area contributed by atoms with E-state index < -0.39 is 5.97 Å². The minimum absolute atomic E-state index is 0.0247. The summed E-state index contributed by atoms with van der Waals surface area (Å²) in [5, 5.41) is 13.7. The molecule has 1 rings (SSSR count). The molecule has 1 heterocycles. The van der Waals surface area contributed by atoms with Gasteiger partial charge in [0.15, 0.2) is 0 Å². The van der Waals surface area contributed by atoms with Crippen molar-refractivity contribution in [2.45, 2.75) is 33.6 Å². The van der Waals surface area contributed by atoms with Crippen LogP contribution >= 0.6 is 11.3 Å². The maximum atomic E-state index is 11.8. The third-order valence-corrected chi connectivity index (χ3v) is 4.10. The molecule has 0 aliphatic carbocycles. The number of nitrogens with one attached hydrogen (secondary N) is 1. The van der Waals surface area contributed by atoms with E-state index in [1.165, 1.54) is 6.08 Å². The van der Waals surface area contributed by atoms with Crippen molar-refractivity contribution < 1.29 is 14.7 Å². The Bertz CT molecular complexity index is 505. The van der Waals surface area contributed by atoms with Crippen LogP contribution in [0.1, 0.15) is 37.1 Å². The van der Waals surface area contributed by atoms with Gasteiger partial charge in [-0.15, -0.1) is 11.3 Å². The summed E-state index contributed by atoms with van der Waals surface area (Å²) in [6, 6.07) is 2.01. The SMILES string of the molecule is Cc1ccsc1C=CC(=O)NCC(CC(=O)O)CC(C)C. The number of amides is 1. The van der Waals surface area contributed by atoms with E-state index in [2.05, 4.69) is 19.2 Å². The summed E-state index contributed by atoms with van der Waals surface area (Å²) >= 11 is 1.59. The van der Waals surface area contributed by atoms with Gasteiger partial charge in [-0.05, 0) is 48.3 Å². The summed E-state index contributed by atoms with van der Waals surface area (Å²) in [7, 11) is 0. The fourth-order valence-electron chi connectivity index (χ4n) is 2.16. The molecule has 4 nitrogen and oxygen atoms in total. The lowest BCUT2D eigenvalue weighted by atomic mass is 9.94. The molecule has 0 radical (unpaired) electrons. The van der Waals surface area contributed by atoms with E-state index in [9.17, 15) is 9.59 Å². The molecule has 0 fully saturated rings. The van der Waals surface area contributed by atoms with Crippen molar-refractivity contribution >= 4 is 29.3 Å². The predicted octanol–water partition coefficient (Wildman–Crippen LogP) is 3.32. The van der Waals surface area contributed by atoms with Crippen LogP contribution in [-0.4, -0.2) is 23.5 Å². The average Bonchev–Trinajstić information content (AvgIpc) is 2.77. The minimum atomic E-state index is -0.820. The van der Waals surface area contributed by atoms with Crippen LogP contribution in [0.3, 0.4) is 0 Å². The number of hydrogen-bond acceptors (Lipinski definition) is 3. The van der Waals surface area contributed by atoms with E-state index in [1.54, 1.807) is 17.4 Å². The van der Waals surface area contributed by atoms with Crippen molar-refractivity contribution in [1.29, 1.82) is 0 Å². The molecule has 1 aromatic rings. The van der Waals surface area contributed by atoms with E-state index in [-0.39, 0.29) is 18.2 Å². The quantitative estimate of drug-likeness (QED) is 0.724. The Morgan fingerprint density at radius 2 is 2.14 bits per heavy atom. The van der Waals surface area contributed by atoms with Gasteiger partial charge < -0.3 is 10.4 Å². The second-order valence-corrected chi connectivity index (χ2v) is 6.59. The smallest absolute Gasteiger partial charge is 0.303 e. The molecule has 21 heavy (non-hydrogen) atoms. The van der Waals surface area contributed by atoms with Gasteiger partial charge in [0.2, 0.25) is 5.91 Å². The zero-order chi connectivity index (χ0) is 15.8. The largest absolute Gasteiger partial charge is 0.481 e. The van der Waals surface area contributed by atoms with Gasteiger partial charge in [-0.1, -0.05) is 13.8 Å². The van der Waals surface area contributed by atoms with Crippen LogP contribution in [0.2, 0.25) is 0 Å². The Balaban J connectivity index is 2.47. The number of carboxylic acids is 1. The van der Waals surface area contributed by atoms with Gasteiger partial charge >= 0.3 is 5.97 Å². The summed E-state index contributed by atoms with van der Waals surface area (Å²) in [4.78, 5) is 23.7. The molecule has 1 aromatic heterocycles. The summed E-state index contributed by atoms with van der Waals surface area (Å²) in [5.41, 5.74) is 1.15. The summed E-state index contributed by atoms with van der Waals surface area (Å²) < 4.78 is 0. The van der Waals surface area contributed by atoms with Gasteiger partial charge in [0.05, 0.1) is 0 Å². The van der Waals surface area contributed by atoms with Crippen LogP contribution in [0.4, 0.5) is 0 Å². The second-order valence-electron chi connectivity index (χ2n) is 5.64. The molecular formula is C16H23NO3S. The minimum Gasteiger partial charge on any atom is -0.481 e. The van der Waals surface area contributed by atoms with Gasteiger partial charge in [0.1, 0.15) is 0 Å². The fourth-order valence-corrected chi connectivity index (χ4v) is 2.98. The highest BCUT2D eigenvalue weighted by atomic mass is 32.1. The highest BCUT2D eigenvalue weighted by Gasteiger charge is 2.15. The first-order chi connectivity index (χ1) is 9.88. The first-order valence-corrected chi connectivity index (χ1v) is 7.98. The van der Waals surface area contributed by atoms with E-state index in [4.69, 9.17) is 5.11 Å². The number of rotatable bonds is 8. The molecule has 1 unspecified atom stereocenters. The monoisotopic (exact) mass is 309 g/mol. The zero-order valence-corrected chi connectivity index (χ0v) is 13.6. The molecule has 0 spiro atoms. The molecule has 2 N–H and O–H groups in total. The van der Waals surface area contributed by atoms with E-state index in [1.807, 2.05) is 18.4 Å². The molecule has 0 bridgehead atoms. The number of thiophene rings is 1. The third kappa shape index (κ3) is 7.09. The summed E-state index contributed by atoms with van der Waals surface area (Å²) in [6.07, 6.45) is 4.18. The molecular weight excluding hydrogens is 286 g/mol. The van der Waals surface area contributed by atoms with Crippen LogP contribution in [0, 0.1) is 18.8 Å². The van der Waals surface area contributed by atoms with Crippen molar-refractivity contribution in [3.8, 4) is 0 Å². The number of carbonyl (C=O) groups excluding carboxylic acids is 1. The first kappa shape index (κ1) is 17.4. The van der Waals surface area contributed by atoms with Gasteiger partial charge in [-0.25, -0.2) is 0 Å². The molecule has 1 atom stereocenters. The van der Waals surface area contributed by atoms with Crippen LogP contribution in [0.5, 0.6) is 0 Å². The molecule has 1 amide bonds. The highest BCUT2D eigenvalue weighted by molar-refractivity contribution is 7.11. The Morgan fingerprint density at radius 3 is 2.67 bits per heavy atom. The third-order valence-electron chi connectivity index (χ3n) is 3.12. The lowest BCUT2D eigenvalue weighted by Gasteiger charge is -2.17. The lowest BCUT2D eigenvalue weighted by Crippen LogP contribution is -2.29. The van der Waals surface area contributed by atoms with Crippen molar-refractivity contribution in [2.24, 2.45) is 11.8 Å². The topological polar surface area (TPSA) is 66.4 Å². The van der Waals surface area contributed by atoms with Crippen molar-refractivity contribution in [1.82, 2.24) is 5.32 Å². The van der Waals surface area contributed by atoms with E-state index >= 15 is 0 Å². The summed E-state index contributed by atoms with van der Waals surface area (Å²) in [6.45, 7) is 6.50. The van der Waals surface area contributed by atoms with Gasteiger partial charge in [-0.2, -0.15) is 0 Å². The van der Waals surface area contributed by atoms with Gasteiger partial charge in [0, 0.05) is 23.9 Å². The Labute approximate surface area is 129 Å². The zero-order valence-electron chi connectivity index (χ0n) is 12.8. The maximum Gasteiger partial charge on any atom is 0.303 e. The number of carboxylic acid groups (broad SMARTS) is 1. The number of aliphatic carboxylic acids is 1. The van der Waals surface area contributed by atoms with Crippen LogP contribution in [-0.2, 0) is 9.59 Å². The second kappa shape index (κ2) is 8.62. The molecule has 0 saturated carbocycles. The standard InChI is InChI=1S/C16H23NO3S/c1-11(2)8-13(9-16(19)20)10-17-15(18)5-4-14-12(3)6-7-21-14/h4-7,11,13H,8-10H2,1-3H3,(H,17,18)(H,19,20). The highest BCUT2D eigenvalue weighted by Crippen LogP contribution is 2.17. The number of hydrogen-bond donors (Lipinski definition) is 2. The Kier molecular flexibility index (Phi) is 7.15. The van der Waals surface area contributed by atoms with Crippen LogP contribution in [0.15, 0.2) is 17.5 Å². The number of aryl methyl sites for hydroxylation is 1. The molecule has 0 saturated heterocycles. The Morgan fingerprint density at radius 1 is 1.43 bits per heavy atom. The maximum absolute atomic E-state index is 11.8. The lowest BCUT2D eigenvalue weighted by molar-refractivity contribution is -0.138. The first-order valence-electron chi connectivity index (χ1n) is 7.10. The van der Waals surface area contributed by atoms with Crippen LogP contribution in [0.25, 0.3) is 6.08 Å². The van der Waals surface area contributed by atoms with E-state index in [0.29, 0.717) is 12.5 Å². The summed E-state index contributed by atoms with van der Waals surface area (Å²) in [5.74, 6) is -0.611. The molecule has 0 aliphatic rings. The van der Waals surface area contributed by atoms with E-state index in [0.717, 1.165) is 16.9 Å². The van der Waals surface area contributed by atoms with Gasteiger partial charge in [0.25, 0.3) is 0 Å². The normalized spacial score (nSPS) is 12.8. The van der Waals surface area contributed by atoms with Crippen LogP contribution < -0.4 is 5.32 Å². The Hall–Kier alpha value is -1.62. The fraction of sp³-hybridized carbons (Fsp3) is 0.500. The van der Waals surface area contributed by atoms with Crippen molar-refractivity contribution in [3.05, 3.63) is 28.0 Å². The van der Waals surface area contributed by atoms with Crippen molar-refractivity contribution in [3.63, 3.8) is 0 Å². The number of carbonyl (C=O) groups is 2. The van der Waals surface area contributed by atoms with Crippen molar-refractivity contribution in [2.75, 3.05) is 6.54 Å². The van der Waals surface area contributed by atoms with Gasteiger partial charge in [-0.3, -0.25) is 9.59 Å². The average molecular weight is 309 g/mol. The molecule has 5 heteroatoms. The predicted molar refractivity (Wildman–Crippen MR) is 86.3 cm³/mol. The molecule has 0 aromatic carbocycles. The molecule has 116 valence electrons. The molecule has 0 aliphatic heterocycles.